The van der Waals surface area contributed by atoms with Crippen LogP contribution in [0.25, 0.3) is 11.0 Å². The van der Waals surface area contributed by atoms with Crippen molar-refractivity contribution < 1.29 is 4.39 Å². The standard InChI is InChI=1S/C15H12BrFN4/c16-11-3-1-10(2-4-11)5-6-18-14-13-7-12(17)8-19-15(13)21-9-20-14/h1-4,7-9H,5-6H2,(H,18,19,20,21). The smallest absolute Gasteiger partial charge is 0.164 e. The SMILES string of the molecule is Fc1cnc2ncnc(NCCc3ccc(Br)cc3)c2c1. The van der Waals surface area contributed by atoms with Crippen LogP contribution in [0.2, 0.25) is 0 Å². The first kappa shape index (κ1) is 13.9. The van der Waals surface area contributed by atoms with Crippen LogP contribution in [0.5, 0.6) is 0 Å². The molecule has 3 aromatic rings. The average molecular weight is 347 g/mol. The van der Waals surface area contributed by atoms with Crippen molar-refractivity contribution >= 4 is 32.8 Å². The Bertz CT molecular complexity index is 761. The van der Waals surface area contributed by atoms with Crippen molar-refractivity contribution in [3.8, 4) is 0 Å². The van der Waals surface area contributed by atoms with E-state index >= 15 is 0 Å². The molecule has 0 bridgehead atoms. The number of hydrogen-bond acceptors (Lipinski definition) is 4. The van der Waals surface area contributed by atoms with Crippen molar-refractivity contribution in [3.05, 3.63) is 58.7 Å². The summed E-state index contributed by atoms with van der Waals surface area (Å²) in [6.07, 6.45) is 3.43. The summed E-state index contributed by atoms with van der Waals surface area (Å²) in [5, 5.41) is 3.80. The first-order valence-electron chi connectivity index (χ1n) is 6.47. The van der Waals surface area contributed by atoms with E-state index in [0.717, 1.165) is 17.1 Å². The molecule has 2 heterocycles. The number of hydrogen-bond donors (Lipinski definition) is 1. The quantitative estimate of drug-likeness (QED) is 0.784. The normalized spacial score (nSPS) is 10.8. The Labute approximate surface area is 129 Å². The lowest BCUT2D eigenvalue weighted by atomic mass is 10.1. The molecule has 0 aliphatic rings. The van der Waals surface area contributed by atoms with E-state index in [0.29, 0.717) is 23.4 Å². The molecule has 4 nitrogen and oxygen atoms in total. The number of halogens is 2. The molecule has 1 N–H and O–H groups in total. The van der Waals surface area contributed by atoms with Gasteiger partial charge in [0.15, 0.2) is 5.65 Å². The van der Waals surface area contributed by atoms with Gasteiger partial charge in [-0.3, -0.25) is 0 Å². The summed E-state index contributed by atoms with van der Waals surface area (Å²) in [7, 11) is 0. The van der Waals surface area contributed by atoms with E-state index in [4.69, 9.17) is 0 Å². The van der Waals surface area contributed by atoms with E-state index in [1.54, 1.807) is 0 Å². The number of pyridine rings is 1. The van der Waals surface area contributed by atoms with Gasteiger partial charge in [-0.2, -0.15) is 0 Å². The first-order chi connectivity index (χ1) is 10.2. The van der Waals surface area contributed by atoms with E-state index in [9.17, 15) is 4.39 Å². The van der Waals surface area contributed by atoms with Crippen LogP contribution in [0.15, 0.2) is 47.3 Å². The fourth-order valence-corrected chi connectivity index (χ4v) is 2.30. The van der Waals surface area contributed by atoms with Gasteiger partial charge in [-0.15, -0.1) is 0 Å². The summed E-state index contributed by atoms with van der Waals surface area (Å²) in [6, 6.07) is 9.53. The number of rotatable bonds is 4. The topological polar surface area (TPSA) is 50.7 Å². The molecule has 0 fully saturated rings. The van der Waals surface area contributed by atoms with Crippen LogP contribution in [0.4, 0.5) is 10.2 Å². The van der Waals surface area contributed by atoms with Crippen molar-refractivity contribution in [2.45, 2.75) is 6.42 Å². The lowest BCUT2D eigenvalue weighted by Gasteiger charge is -2.08. The largest absolute Gasteiger partial charge is 0.369 e. The van der Waals surface area contributed by atoms with Gasteiger partial charge in [0, 0.05) is 11.0 Å². The van der Waals surface area contributed by atoms with Gasteiger partial charge in [0.05, 0.1) is 11.6 Å². The zero-order valence-corrected chi connectivity index (χ0v) is 12.6. The van der Waals surface area contributed by atoms with Gasteiger partial charge >= 0.3 is 0 Å². The molecular formula is C15H12BrFN4. The number of nitrogens with one attached hydrogen (secondary N) is 1. The minimum atomic E-state index is -0.395. The molecule has 0 unspecified atom stereocenters. The fraction of sp³-hybridized carbons (Fsp3) is 0.133. The second kappa shape index (κ2) is 6.13. The summed E-state index contributed by atoms with van der Waals surface area (Å²) in [5.74, 6) is 0.206. The molecule has 0 atom stereocenters. The van der Waals surface area contributed by atoms with Crippen LogP contribution >= 0.6 is 15.9 Å². The molecule has 0 spiro atoms. The highest BCUT2D eigenvalue weighted by Crippen LogP contribution is 2.18. The van der Waals surface area contributed by atoms with Crippen LogP contribution in [-0.4, -0.2) is 21.5 Å². The van der Waals surface area contributed by atoms with Crippen LogP contribution in [-0.2, 0) is 6.42 Å². The second-order valence-corrected chi connectivity index (χ2v) is 5.47. The van der Waals surface area contributed by atoms with E-state index in [-0.39, 0.29) is 0 Å². The Morgan fingerprint density at radius 3 is 2.71 bits per heavy atom. The Morgan fingerprint density at radius 2 is 1.90 bits per heavy atom. The molecule has 0 saturated heterocycles. The minimum absolute atomic E-state index is 0.395. The Morgan fingerprint density at radius 1 is 1.10 bits per heavy atom. The van der Waals surface area contributed by atoms with E-state index in [1.165, 1.54) is 18.0 Å². The first-order valence-corrected chi connectivity index (χ1v) is 7.26. The maximum Gasteiger partial charge on any atom is 0.164 e. The van der Waals surface area contributed by atoms with Crippen LogP contribution in [0.3, 0.4) is 0 Å². The zero-order chi connectivity index (χ0) is 14.7. The molecule has 6 heteroatoms. The predicted molar refractivity (Wildman–Crippen MR) is 83.6 cm³/mol. The van der Waals surface area contributed by atoms with Gasteiger partial charge in [0.25, 0.3) is 0 Å². The average Bonchev–Trinajstić information content (AvgIpc) is 2.50. The third-order valence-corrected chi connectivity index (χ3v) is 3.60. The molecule has 1 aromatic carbocycles. The highest BCUT2D eigenvalue weighted by molar-refractivity contribution is 9.10. The van der Waals surface area contributed by atoms with Crippen LogP contribution < -0.4 is 5.32 Å². The number of benzene rings is 1. The minimum Gasteiger partial charge on any atom is -0.369 e. The predicted octanol–water partition coefficient (Wildman–Crippen LogP) is 3.58. The van der Waals surface area contributed by atoms with Gasteiger partial charge in [0.1, 0.15) is 18.0 Å². The highest BCUT2D eigenvalue weighted by atomic mass is 79.9. The Hall–Kier alpha value is -2.08. The van der Waals surface area contributed by atoms with Gasteiger partial charge in [-0.25, -0.2) is 19.3 Å². The molecule has 0 amide bonds. The van der Waals surface area contributed by atoms with Gasteiger partial charge in [0.2, 0.25) is 0 Å². The number of aromatic nitrogens is 3. The third kappa shape index (κ3) is 3.33. The van der Waals surface area contributed by atoms with Gasteiger partial charge < -0.3 is 5.32 Å². The molecule has 0 saturated carbocycles. The zero-order valence-electron chi connectivity index (χ0n) is 11.1. The Balaban J connectivity index is 1.73. The lowest BCUT2D eigenvalue weighted by molar-refractivity contribution is 0.624. The lowest BCUT2D eigenvalue weighted by Crippen LogP contribution is -2.07. The maximum atomic E-state index is 13.3. The molecule has 21 heavy (non-hydrogen) atoms. The van der Waals surface area contributed by atoms with Gasteiger partial charge in [-0.1, -0.05) is 28.1 Å². The molecule has 0 aliphatic heterocycles. The molecule has 106 valence electrons. The maximum absolute atomic E-state index is 13.3. The van der Waals surface area contributed by atoms with Crippen molar-refractivity contribution in [2.24, 2.45) is 0 Å². The van der Waals surface area contributed by atoms with Crippen molar-refractivity contribution in [2.75, 3.05) is 11.9 Å². The molecule has 2 aromatic heterocycles. The number of nitrogens with zero attached hydrogens (tertiary/aromatic N) is 3. The summed E-state index contributed by atoms with van der Waals surface area (Å²) in [5.41, 5.74) is 1.70. The second-order valence-electron chi connectivity index (χ2n) is 4.55. The molecular weight excluding hydrogens is 335 g/mol. The van der Waals surface area contributed by atoms with E-state index < -0.39 is 5.82 Å². The number of anilines is 1. The van der Waals surface area contributed by atoms with Crippen LogP contribution in [0.1, 0.15) is 5.56 Å². The van der Waals surface area contributed by atoms with Crippen molar-refractivity contribution in [1.82, 2.24) is 15.0 Å². The summed E-state index contributed by atoms with van der Waals surface area (Å²) >= 11 is 3.41. The molecule has 0 radical (unpaired) electrons. The van der Waals surface area contributed by atoms with Crippen molar-refractivity contribution in [3.63, 3.8) is 0 Å². The van der Waals surface area contributed by atoms with Crippen LogP contribution in [0, 0.1) is 5.82 Å². The summed E-state index contributed by atoms with van der Waals surface area (Å²) in [6.45, 7) is 0.699. The molecule has 0 aliphatic carbocycles. The fourth-order valence-electron chi connectivity index (χ4n) is 2.04. The van der Waals surface area contributed by atoms with E-state index in [2.05, 4.69) is 48.3 Å². The third-order valence-electron chi connectivity index (χ3n) is 3.07. The highest BCUT2D eigenvalue weighted by Gasteiger charge is 2.05. The molecule has 3 rings (SSSR count). The van der Waals surface area contributed by atoms with E-state index in [1.807, 2.05) is 12.1 Å². The monoisotopic (exact) mass is 346 g/mol. The van der Waals surface area contributed by atoms with Gasteiger partial charge in [-0.05, 0) is 30.2 Å². The van der Waals surface area contributed by atoms with Crippen molar-refractivity contribution in [1.29, 1.82) is 0 Å². The summed E-state index contributed by atoms with van der Waals surface area (Å²) in [4.78, 5) is 12.1. The summed E-state index contributed by atoms with van der Waals surface area (Å²) < 4.78 is 14.3. The Kier molecular flexibility index (Phi) is 4.06. The number of fused-ring (bicyclic) bond motifs is 1.